The van der Waals surface area contributed by atoms with Crippen molar-refractivity contribution in [3.05, 3.63) is 82.4 Å². The van der Waals surface area contributed by atoms with Gasteiger partial charge < -0.3 is 25.3 Å². The maximum atomic E-state index is 13.1. The molecule has 1 heterocycles. The van der Waals surface area contributed by atoms with E-state index < -0.39 is 5.92 Å². The number of ketones is 1. The normalized spacial score (nSPS) is 18.6. The Kier molecular flexibility index (Phi) is 7.02. The minimum absolute atomic E-state index is 0.00105. The van der Waals surface area contributed by atoms with Crippen molar-refractivity contribution in [1.29, 1.82) is 5.26 Å². The van der Waals surface area contributed by atoms with E-state index in [1.54, 1.807) is 18.2 Å². The van der Waals surface area contributed by atoms with Gasteiger partial charge in [-0.1, -0.05) is 50.2 Å². The largest absolute Gasteiger partial charge is 0.493 e. The summed E-state index contributed by atoms with van der Waals surface area (Å²) in [5.41, 5.74) is 8.10. The molecule has 1 unspecified atom stereocenters. The first-order chi connectivity index (χ1) is 17.2. The monoisotopic (exact) mass is 487 g/mol. The number of allylic oxidation sites excluding steroid dienone is 3. The third-order valence-electron chi connectivity index (χ3n) is 6.29. The van der Waals surface area contributed by atoms with Crippen LogP contribution >= 0.6 is 0 Å². The van der Waals surface area contributed by atoms with Crippen molar-refractivity contribution in [2.45, 2.75) is 39.2 Å². The van der Waals surface area contributed by atoms with E-state index in [0.29, 0.717) is 47.8 Å². The van der Waals surface area contributed by atoms with Gasteiger partial charge in [0.2, 0.25) is 5.88 Å². The van der Waals surface area contributed by atoms with Gasteiger partial charge in [0.25, 0.3) is 5.91 Å². The van der Waals surface area contributed by atoms with E-state index in [9.17, 15) is 14.9 Å². The van der Waals surface area contributed by atoms with E-state index in [4.69, 9.17) is 19.9 Å². The highest BCUT2D eigenvalue weighted by Gasteiger charge is 2.43. The maximum absolute atomic E-state index is 13.1. The maximum Gasteiger partial charge on any atom is 0.258 e. The number of hydrogen-bond acceptors (Lipinski definition) is 7. The summed E-state index contributed by atoms with van der Waals surface area (Å²) in [5.74, 6) is 0.233. The van der Waals surface area contributed by atoms with Crippen molar-refractivity contribution < 1.29 is 23.8 Å². The third kappa shape index (κ3) is 5.20. The molecule has 8 heteroatoms. The average molecular weight is 488 g/mol. The third-order valence-corrected chi connectivity index (χ3v) is 6.29. The molecule has 0 fully saturated rings. The summed E-state index contributed by atoms with van der Waals surface area (Å²) >= 11 is 0. The molecule has 4 rings (SSSR count). The lowest BCUT2D eigenvalue weighted by Gasteiger charge is -2.37. The first-order valence-electron chi connectivity index (χ1n) is 11.7. The molecule has 1 aliphatic carbocycles. The molecule has 8 nitrogen and oxygen atoms in total. The zero-order valence-corrected chi connectivity index (χ0v) is 20.6. The summed E-state index contributed by atoms with van der Waals surface area (Å²) in [6.45, 7) is 4.20. The van der Waals surface area contributed by atoms with Crippen LogP contribution in [0.15, 0.2) is 71.3 Å². The molecule has 0 saturated heterocycles. The first-order valence-corrected chi connectivity index (χ1v) is 11.7. The van der Waals surface area contributed by atoms with Crippen molar-refractivity contribution in [1.82, 2.24) is 5.32 Å². The Balaban J connectivity index is 1.55. The SMILES string of the molecule is COc1cc(C2C(C#N)=C(N)OC3=C2C(=O)CC(C)(C)C3)ccc1OCC(=O)NCc1ccccc1. The molecule has 1 aliphatic heterocycles. The predicted molar refractivity (Wildman–Crippen MR) is 132 cm³/mol. The van der Waals surface area contributed by atoms with Gasteiger partial charge in [0.05, 0.1) is 13.0 Å². The number of ether oxygens (including phenoxy) is 3. The minimum Gasteiger partial charge on any atom is -0.493 e. The molecular formula is C28H29N3O5. The van der Waals surface area contributed by atoms with Crippen LogP contribution in [-0.4, -0.2) is 25.4 Å². The fraction of sp³-hybridized carbons (Fsp3) is 0.321. The standard InChI is InChI=1S/C28H29N3O5/c1-28(2)12-20(32)26-23(13-28)36-27(30)19(14-29)25(26)18-9-10-21(22(11-18)34-3)35-16-24(33)31-15-17-7-5-4-6-8-17/h4-11,25H,12-13,15-16,30H2,1-3H3,(H,31,33). The van der Waals surface area contributed by atoms with E-state index in [1.165, 1.54) is 7.11 Å². The van der Waals surface area contributed by atoms with Gasteiger partial charge in [-0.25, -0.2) is 0 Å². The molecule has 1 atom stereocenters. The molecule has 0 saturated carbocycles. The van der Waals surface area contributed by atoms with Crippen LogP contribution in [0.4, 0.5) is 0 Å². The number of methoxy groups -OCH3 is 1. The molecule has 2 aliphatic rings. The van der Waals surface area contributed by atoms with Crippen LogP contribution < -0.4 is 20.5 Å². The van der Waals surface area contributed by atoms with Gasteiger partial charge in [0, 0.05) is 25.0 Å². The van der Waals surface area contributed by atoms with Crippen LogP contribution in [0.2, 0.25) is 0 Å². The molecule has 1 amide bonds. The Morgan fingerprint density at radius 3 is 2.64 bits per heavy atom. The summed E-state index contributed by atoms with van der Waals surface area (Å²) < 4.78 is 17.0. The van der Waals surface area contributed by atoms with Crippen LogP contribution in [-0.2, 0) is 20.9 Å². The molecule has 0 radical (unpaired) electrons. The van der Waals surface area contributed by atoms with Gasteiger partial charge in [-0.3, -0.25) is 9.59 Å². The van der Waals surface area contributed by atoms with Gasteiger partial charge in [0.15, 0.2) is 23.9 Å². The highest BCUT2D eigenvalue weighted by Crippen LogP contribution is 2.48. The highest BCUT2D eigenvalue weighted by atomic mass is 16.5. The fourth-order valence-corrected chi connectivity index (χ4v) is 4.59. The summed E-state index contributed by atoms with van der Waals surface area (Å²) in [4.78, 5) is 25.4. The molecular weight excluding hydrogens is 458 g/mol. The number of benzene rings is 2. The lowest BCUT2D eigenvalue weighted by atomic mass is 9.70. The number of nitriles is 1. The van der Waals surface area contributed by atoms with Crippen LogP contribution in [0.3, 0.4) is 0 Å². The zero-order valence-electron chi connectivity index (χ0n) is 20.6. The number of carbonyl (C=O) groups excluding carboxylic acids is 2. The van der Waals surface area contributed by atoms with E-state index in [2.05, 4.69) is 11.4 Å². The number of Topliss-reactive ketones (excluding diaryl/α,β-unsaturated/α-hetero) is 1. The Labute approximate surface area is 210 Å². The number of nitrogens with zero attached hydrogens (tertiary/aromatic N) is 1. The van der Waals surface area contributed by atoms with Crippen LogP contribution in [0.25, 0.3) is 0 Å². The number of nitrogens with two attached hydrogens (primary N) is 1. The summed E-state index contributed by atoms with van der Waals surface area (Å²) in [6.07, 6.45) is 0.890. The molecule has 36 heavy (non-hydrogen) atoms. The quantitative estimate of drug-likeness (QED) is 0.608. The van der Waals surface area contributed by atoms with Crippen molar-refractivity contribution in [3.8, 4) is 17.6 Å². The molecule has 0 spiro atoms. The van der Waals surface area contributed by atoms with Crippen LogP contribution in [0.1, 0.15) is 43.7 Å². The van der Waals surface area contributed by atoms with Gasteiger partial charge in [0.1, 0.15) is 17.4 Å². The Morgan fingerprint density at radius 1 is 1.19 bits per heavy atom. The Bertz CT molecular complexity index is 1290. The second-order valence-corrected chi connectivity index (χ2v) is 9.66. The zero-order chi connectivity index (χ0) is 25.9. The molecule has 0 aromatic heterocycles. The summed E-state index contributed by atoms with van der Waals surface area (Å²) in [6, 6.07) is 16.8. The van der Waals surface area contributed by atoms with Gasteiger partial charge in [-0.15, -0.1) is 0 Å². The van der Waals surface area contributed by atoms with Crippen molar-refractivity contribution in [2.75, 3.05) is 13.7 Å². The molecule has 2 aromatic rings. The second kappa shape index (κ2) is 10.2. The van der Waals surface area contributed by atoms with E-state index in [0.717, 1.165) is 5.56 Å². The van der Waals surface area contributed by atoms with Gasteiger partial charge >= 0.3 is 0 Å². The second-order valence-electron chi connectivity index (χ2n) is 9.66. The topological polar surface area (TPSA) is 124 Å². The molecule has 3 N–H and O–H groups in total. The summed E-state index contributed by atoms with van der Waals surface area (Å²) in [5, 5.41) is 12.6. The minimum atomic E-state index is -0.667. The molecule has 186 valence electrons. The van der Waals surface area contributed by atoms with E-state index >= 15 is 0 Å². The van der Waals surface area contributed by atoms with Gasteiger partial charge in [-0.2, -0.15) is 5.26 Å². The van der Waals surface area contributed by atoms with Crippen LogP contribution in [0.5, 0.6) is 11.5 Å². The van der Waals surface area contributed by atoms with Crippen molar-refractivity contribution in [2.24, 2.45) is 11.1 Å². The number of carbonyl (C=O) groups is 2. The van der Waals surface area contributed by atoms with E-state index in [-0.39, 0.29) is 35.2 Å². The average Bonchev–Trinajstić information content (AvgIpc) is 2.85. The molecule has 2 aromatic carbocycles. The predicted octanol–water partition coefficient (Wildman–Crippen LogP) is 3.84. The number of rotatable bonds is 7. The van der Waals surface area contributed by atoms with E-state index in [1.807, 2.05) is 44.2 Å². The smallest absolute Gasteiger partial charge is 0.258 e. The number of hydrogen-bond donors (Lipinski definition) is 2. The van der Waals surface area contributed by atoms with Gasteiger partial charge in [-0.05, 0) is 28.7 Å². The first kappa shape index (κ1) is 24.9. The Hall–Kier alpha value is -4.25. The lowest BCUT2D eigenvalue weighted by Crippen LogP contribution is -2.33. The lowest BCUT2D eigenvalue weighted by molar-refractivity contribution is -0.123. The fourth-order valence-electron chi connectivity index (χ4n) is 4.59. The Morgan fingerprint density at radius 2 is 1.94 bits per heavy atom. The van der Waals surface area contributed by atoms with Crippen LogP contribution in [0, 0.1) is 16.7 Å². The number of amides is 1. The summed E-state index contributed by atoms with van der Waals surface area (Å²) in [7, 11) is 1.49. The van der Waals surface area contributed by atoms with Crippen molar-refractivity contribution >= 4 is 11.7 Å². The number of nitrogens with one attached hydrogen (secondary N) is 1. The highest BCUT2D eigenvalue weighted by molar-refractivity contribution is 6.00. The molecule has 0 bridgehead atoms. The van der Waals surface area contributed by atoms with Crippen molar-refractivity contribution in [3.63, 3.8) is 0 Å².